The van der Waals surface area contributed by atoms with Crippen molar-refractivity contribution in [3.8, 4) is 5.75 Å². The normalized spacial score (nSPS) is 16.3. The average molecular weight is 289 g/mol. The van der Waals surface area contributed by atoms with Crippen LogP contribution in [0.5, 0.6) is 5.75 Å². The fourth-order valence-electron chi connectivity index (χ4n) is 2.87. The van der Waals surface area contributed by atoms with Crippen molar-refractivity contribution in [2.24, 2.45) is 0 Å². The van der Waals surface area contributed by atoms with Crippen molar-refractivity contribution in [1.29, 1.82) is 0 Å². The molecule has 1 aliphatic rings. The van der Waals surface area contributed by atoms with Gasteiger partial charge in [-0.15, -0.1) is 0 Å². The monoisotopic (exact) mass is 289 g/mol. The molecular formula is C17H17F2NO. The molecule has 1 aliphatic heterocycles. The Hall–Kier alpha value is -1.94. The van der Waals surface area contributed by atoms with E-state index in [1.165, 1.54) is 25.3 Å². The first kappa shape index (κ1) is 14.0. The second-order valence-electron chi connectivity index (χ2n) is 5.54. The van der Waals surface area contributed by atoms with Gasteiger partial charge in [-0.25, -0.2) is 8.78 Å². The fourth-order valence-corrected chi connectivity index (χ4v) is 2.87. The lowest BCUT2D eigenvalue weighted by atomic mass is 9.71. The van der Waals surface area contributed by atoms with E-state index in [2.05, 4.69) is 5.32 Å². The van der Waals surface area contributed by atoms with Crippen molar-refractivity contribution in [2.45, 2.75) is 11.8 Å². The lowest BCUT2D eigenvalue weighted by Gasteiger charge is -2.43. The van der Waals surface area contributed by atoms with Crippen molar-refractivity contribution < 1.29 is 13.5 Å². The summed E-state index contributed by atoms with van der Waals surface area (Å²) in [4.78, 5) is 0. The Balaban J connectivity index is 1.87. The number of benzene rings is 2. The second-order valence-corrected chi connectivity index (χ2v) is 5.54. The van der Waals surface area contributed by atoms with E-state index in [9.17, 15) is 8.78 Å². The molecule has 1 heterocycles. The molecule has 1 saturated heterocycles. The molecule has 0 aliphatic carbocycles. The predicted molar refractivity (Wildman–Crippen MR) is 77.6 cm³/mol. The molecule has 1 fully saturated rings. The summed E-state index contributed by atoms with van der Waals surface area (Å²) in [6, 6.07) is 11.6. The van der Waals surface area contributed by atoms with Crippen molar-refractivity contribution in [3.63, 3.8) is 0 Å². The smallest absolute Gasteiger partial charge is 0.165 e. The van der Waals surface area contributed by atoms with Gasteiger partial charge < -0.3 is 10.1 Å². The number of methoxy groups -OCH3 is 1. The van der Waals surface area contributed by atoms with Crippen LogP contribution < -0.4 is 10.1 Å². The lowest BCUT2D eigenvalue weighted by Crippen LogP contribution is -2.58. The minimum atomic E-state index is -0.350. The number of nitrogens with one attached hydrogen (secondary N) is 1. The summed E-state index contributed by atoms with van der Waals surface area (Å²) in [5, 5.41) is 3.26. The summed E-state index contributed by atoms with van der Waals surface area (Å²) in [5.41, 5.74) is 1.91. The Labute approximate surface area is 122 Å². The van der Waals surface area contributed by atoms with E-state index in [4.69, 9.17) is 4.74 Å². The van der Waals surface area contributed by atoms with Gasteiger partial charge in [-0.2, -0.15) is 0 Å². The molecule has 110 valence electrons. The molecule has 0 spiro atoms. The largest absolute Gasteiger partial charge is 0.494 e. The standard InChI is InChI=1S/C17H17F2NO/c1-21-16-7-2-12(8-15(16)19)9-17(10-20-11-17)13-3-5-14(18)6-4-13/h2-8,20H,9-11H2,1H3. The van der Waals surface area contributed by atoms with Crippen molar-refractivity contribution in [1.82, 2.24) is 5.32 Å². The minimum absolute atomic E-state index is 0.0886. The van der Waals surface area contributed by atoms with Crippen LogP contribution in [0.15, 0.2) is 42.5 Å². The number of hydrogen-bond donors (Lipinski definition) is 1. The molecule has 1 N–H and O–H groups in total. The number of rotatable bonds is 4. The molecule has 4 heteroatoms. The van der Waals surface area contributed by atoms with E-state index < -0.39 is 0 Å². The summed E-state index contributed by atoms with van der Waals surface area (Å²) in [7, 11) is 1.45. The third-order valence-electron chi connectivity index (χ3n) is 4.14. The number of ether oxygens (including phenoxy) is 1. The summed E-state index contributed by atoms with van der Waals surface area (Å²) in [5.74, 6) is -0.338. The first-order valence-corrected chi connectivity index (χ1v) is 6.92. The maximum absolute atomic E-state index is 13.8. The third kappa shape index (κ3) is 2.63. The quantitative estimate of drug-likeness (QED) is 0.934. The lowest BCUT2D eigenvalue weighted by molar-refractivity contribution is 0.274. The molecule has 3 rings (SSSR count). The average Bonchev–Trinajstić information content (AvgIpc) is 2.44. The van der Waals surface area contributed by atoms with Crippen molar-refractivity contribution in [2.75, 3.05) is 20.2 Å². The van der Waals surface area contributed by atoms with Gasteiger partial charge >= 0.3 is 0 Å². The molecule has 0 bridgehead atoms. The Bertz CT molecular complexity index is 636. The highest BCUT2D eigenvalue weighted by molar-refractivity contribution is 5.36. The van der Waals surface area contributed by atoms with E-state index in [0.29, 0.717) is 6.42 Å². The van der Waals surface area contributed by atoms with Crippen molar-refractivity contribution >= 4 is 0 Å². The van der Waals surface area contributed by atoms with Crippen molar-refractivity contribution in [3.05, 3.63) is 65.2 Å². The van der Waals surface area contributed by atoms with Gasteiger partial charge in [0.05, 0.1) is 7.11 Å². The van der Waals surface area contributed by atoms with Crippen LogP contribution in [0.4, 0.5) is 8.78 Å². The molecule has 0 amide bonds. The predicted octanol–water partition coefficient (Wildman–Crippen LogP) is 3.06. The summed E-state index contributed by atoms with van der Waals surface area (Å²) in [6.45, 7) is 1.62. The van der Waals surface area contributed by atoms with Crippen LogP contribution in [0.1, 0.15) is 11.1 Å². The SMILES string of the molecule is COc1ccc(CC2(c3ccc(F)cc3)CNC2)cc1F. The van der Waals surface area contributed by atoms with Gasteiger partial charge in [0.1, 0.15) is 5.82 Å². The summed E-state index contributed by atoms with van der Waals surface area (Å²) < 4.78 is 31.8. The molecule has 2 aromatic rings. The summed E-state index contributed by atoms with van der Waals surface area (Å²) >= 11 is 0. The van der Waals surface area contributed by atoms with E-state index in [1.807, 2.05) is 18.2 Å². The Morgan fingerprint density at radius 2 is 1.81 bits per heavy atom. The Morgan fingerprint density at radius 1 is 1.10 bits per heavy atom. The van der Waals surface area contributed by atoms with Crippen LogP contribution in [0.2, 0.25) is 0 Å². The molecule has 0 unspecified atom stereocenters. The zero-order valence-electron chi connectivity index (χ0n) is 11.8. The van der Waals surface area contributed by atoms with Crippen LogP contribution in [0.3, 0.4) is 0 Å². The van der Waals surface area contributed by atoms with Crippen LogP contribution in [0, 0.1) is 11.6 Å². The van der Waals surface area contributed by atoms with Gasteiger partial charge in [0.2, 0.25) is 0 Å². The van der Waals surface area contributed by atoms with Gasteiger partial charge in [0.25, 0.3) is 0 Å². The maximum Gasteiger partial charge on any atom is 0.165 e. The topological polar surface area (TPSA) is 21.3 Å². The van der Waals surface area contributed by atoms with Crippen LogP contribution in [-0.2, 0) is 11.8 Å². The van der Waals surface area contributed by atoms with Gasteiger partial charge in [0, 0.05) is 18.5 Å². The first-order chi connectivity index (χ1) is 10.1. The number of halogens is 2. The van der Waals surface area contributed by atoms with Gasteiger partial charge in [-0.3, -0.25) is 0 Å². The first-order valence-electron chi connectivity index (χ1n) is 6.92. The molecule has 0 atom stereocenters. The molecule has 2 nitrogen and oxygen atoms in total. The van der Waals surface area contributed by atoms with Crippen LogP contribution >= 0.6 is 0 Å². The Morgan fingerprint density at radius 3 is 2.33 bits per heavy atom. The fraction of sp³-hybridized carbons (Fsp3) is 0.294. The van der Waals surface area contributed by atoms with E-state index in [-0.39, 0.29) is 22.8 Å². The second kappa shape index (κ2) is 5.45. The summed E-state index contributed by atoms with van der Waals surface area (Å²) in [6.07, 6.45) is 0.715. The minimum Gasteiger partial charge on any atom is -0.494 e. The van der Waals surface area contributed by atoms with E-state index in [0.717, 1.165) is 24.2 Å². The maximum atomic E-state index is 13.8. The highest BCUT2D eigenvalue weighted by atomic mass is 19.1. The highest BCUT2D eigenvalue weighted by Gasteiger charge is 2.38. The zero-order valence-corrected chi connectivity index (χ0v) is 11.8. The van der Waals surface area contributed by atoms with Crippen LogP contribution in [-0.4, -0.2) is 20.2 Å². The molecule has 2 aromatic carbocycles. The van der Waals surface area contributed by atoms with E-state index >= 15 is 0 Å². The molecular weight excluding hydrogens is 272 g/mol. The molecule has 0 aromatic heterocycles. The molecule has 21 heavy (non-hydrogen) atoms. The third-order valence-corrected chi connectivity index (χ3v) is 4.14. The van der Waals surface area contributed by atoms with Gasteiger partial charge in [-0.05, 0) is 41.8 Å². The highest BCUT2D eigenvalue weighted by Crippen LogP contribution is 2.33. The molecule has 0 radical (unpaired) electrons. The van der Waals surface area contributed by atoms with E-state index in [1.54, 1.807) is 6.07 Å². The molecule has 0 saturated carbocycles. The number of hydrogen-bond acceptors (Lipinski definition) is 2. The van der Waals surface area contributed by atoms with Gasteiger partial charge in [-0.1, -0.05) is 18.2 Å². The Kier molecular flexibility index (Phi) is 3.64. The van der Waals surface area contributed by atoms with Crippen LogP contribution in [0.25, 0.3) is 0 Å². The van der Waals surface area contributed by atoms with Gasteiger partial charge in [0.15, 0.2) is 11.6 Å². The zero-order chi connectivity index (χ0) is 14.9.